The van der Waals surface area contributed by atoms with Gasteiger partial charge in [0, 0.05) is 17.0 Å². The van der Waals surface area contributed by atoms with Crippen LogP contribution in [0.5, 0.6) is 0 Å². The number of aromatic amines is 1. The van der Waals surface area contributed by atoms with Crippen LogP contribution < -0.4 is 10.9 Å². The van der Waals surface area contributed by atoms with Gasteiger partial charge >= 0.3 is 0 Å². The highest BCUT2D eigenvalue weighted by Crippen LogP contribution is 2.31. The number of fused-ring (bicyclic) bond motifs is 1. The number of hydrogen-bond acceptors (Lipinski definition) is 5. The van der Waals surface area contributed by atoms with E-state index in [0.717, 1.165) is 24.0 Å². The number of benzene rings is 1. The first-order valence-electron chi connectivity index (χ1n) is 8.70. The monoisotopic (exact) mass is 385 g/mol. The predicted molar refractivity (Wildman–Crippen MR) is 107 cm³/mol. The van der Waals surface area contributed by atoms with Crippen LogP contribution in [0.1, 0.15) is 25.7 Å². The molecule has 7 heteroatoms. The summed E-state index contributed by atoms with van der Waals surface area (Å²) in [6.45, 7) is 0. The van der Waals surface area contributed by atoms with Crippen LogP contribution in [0.3, 0.4) is 0 Å². The van der Waals surface area contributed by atoms with E-state index in [-0.39, 0.29) is 17.2 Å². The summed E-state index contributed by atoms with van der Waals surface area (Å²) in [5.74, 6) is 0.266. The van der Waals surface area contributed by atoms with E-state index in [4.69, 9.17) is 0 Å². The summed E-state index contributed by atoms with van der Waals surface area (Å²) < 4.78 is 0. The Balaban J connectivity index is 1.51. The van der Waals surface area contributed by atoms with E-state index in [1.807, 2.05) is 35.7 Å². The molecule has 26 heavy (non-hydrogen) atoms. The molecule has 2 heterocycles. The zero-order valence-corrected chi connectivity index (χ0v) is 15.8. The number of nitrogens with zero attached hydrogens (tertiary/aromatic N) is 1. The van der Waals surface area contributed by atoms with Crippen molar-refractivity contribution in [2.45, 2.75) is 36.9 Å². The summed E-state index contributed by atoms with van der Waals surface area (Å²) in [5.41, 5.74) is 1.74. The highest BCUT2D eigenvalue weighted by Gasteiger charge is 2.18. The largest absolute Gasteiger partial charge is 0.353 e. The van der Waals surface area contributed by atoms with Crippen LogP contribution in [0, 0.1) is 0 Å². The van der Waals surface area contributed by atoms with Crippen molar-refractivity contribution >= 4 is 39.2 Å². The Morgan fingerprint density at radius 2 is 2.04 bits per heavy atom. The summed E-state index contributed by atoms with van der Waals surface area (Å²) >= 11 is 2.73. The van der Waals surface area contributed by atoms with Crippen molar-refractivity contribution in [1.29, 1.82) is 0 Å². The predicted octanol–water partition coefficient (Wildman–Crippen LogP) is 3.80. The molecule has 1 amide bonds. The van der Waals surface area contributed by atoms with Gasteiger partial charge < -0.3 is 10.3 Å². The maximum absolute atomic E-state index is 12.6. The number of carbonyl (C=O) groups is 1. The van der Waals surface area contributed by atoms with Crippen molar-refractivity contribution in [3.8, 4) is 11.1 Å². The lowest BCUT2D eigenvalue weighted by Gasteiger charge is -2.11. The minimum atomic E-state index is -0.159. The Labute approximate surface area is 159 Å². The third kappa shape index (κ3) is 3.68. The van der Waals surface area contributed by atoms with Gasteiger partial charge in [0.1, 0.15) is 4.83 Å². The van der Waals surface area contributed by atoms with Crippen LogP contribution >= 0.6 is 23.1 Å². The van der Waals surface area contributed by atoms with Gasteiger partial charge in [0.05, 0.1) is 11.1 Å². The van der Waals surface area contributed by atoms with Gasteiger partial charge in [-0.15, -0.1) is 11.3 Å². The van der Waals surface area contributed by atoms with Gasteiger partial charge in [0.25, 0.3) is 5.56 Å². The number of thiophene rings is 1. The van der Waals surface area contributed by atoms with Crippen LogP contribution in [0.4, 0.5) is 0 Å². The molecule has 0 spiro atoms. The zero-order valence-electron chi connectivity index (χ0n) is 14.2. The molecule has 0 aliphatic heterocycles. The lowest BCUT2D eigenvalue weighted by molar-refractivity contribution is -0.119. The molecule has 0 saturated heterocycles. The molecule has 0 unspecified atom stereocenters. The third-order valence-electron chi connectivity index (χ3n) is 4.57. The quantitative estimate of drug-likeness (QED) is 0.517. The third-order valence-corrected chi connectivity index (χ3v) is 6.31. The van der Waals surface area contributed by atoms with Crippen molar-refractivity contribution in [1.82, 2.24) is 15.3 Å². The molecule has 2 N–H and O–H groups in total. The normalized spacial score (nSPS) is 14.8. The molecule has 1 fully saturated rings. The van der Waals surface area contributed by atoms with E-state index in [1.165, 1.54) is 35.9 Å². The summed E-state index contributed by atoms with van der Waals surface area (Å²) in [7, 11) is 0. The Morgan fingerprint density at radius 1 is 1.27 bits per heavy atom. The zero-order chi connectivity index (χ0) is 17.9. The molecule has 3 aromatic rings. The van der Waals surface area contributed by atoms with Crippen LogP contribution in [-0.2, 0) is 4.79 Å². The second-order valence-corrected chi connectivity index (χ2v) is 8.23. The van der Waals surface area contributed by atoms with Crippen molar-refractivity contribution in [2.24, 2.45) is 0 Å². The van der Waals surface area contributed by atoms with Crippen LogP contribution in [0.15, 0.2) is 45.7 Å². The van der Waals surface area contributed by atoms with Crippen molar-refractivity contribution in [2.75, 3.05) is 5.75 Å². The number of amides is 1. The number of nitrogens with one attached hydrogen (secondary N) is 2. The van der Waals surface area contributed by atoms with E-state index in [0.29, 0.717) is 21.4 Å². The fourth-order valence-corrected chi connectivity index (χ4v) is 4.98. The Morgan fingerprint density at radius 3 is 2.81 bits per heavy atom. The van der Waals surface area contributed by atoms with Gasteiger partial charge in [-0.25, -0.2) is 4.98 Å². The second kappa shape index (κ2) is 7.63. The summed E-state index contributed by atoms with van der Waals surface area (Å²) in [6.07, 6.45) is 4.50. The standard InChI is InChI=1S/C19H19N3O2S2/c23-15(20-13-8-4-5-9-13)11-26-19-21-17(24)16-14(10-25-18(16)22-19)12-6-2-1-3-7-12/h1-3,6-7,10,13H,4-5,8-9,11H2,(H,20,23)(H,21,22,24). The molecule has 5 nitrogen and oxygen atoms in total. The van der Waals surface area contributed by atoms with E-state index < -0.39 is 0 Å². The first-order valence-corrected chi connectivity index (χ1v) is 10.6. The summed E-state index contributed by atoms with van der Waals surface area (Å²) in [4.78, 5) is 32.7. The van der Waals surface area contributed by atoms with Gasteiger partial charge in [-0.1, -0.05) is 54.9 Å². The number of carbonyl (C=O) groups excluding carboxylic acids is 1. The SMILES string of the molecule is O=C(CSc1nc2scc(-c3ccccc3)c2c(=O)[nH]1)NC1CCCC1. The molecule has 0 radical (unpaired) electrons. The first kappa shape index (κ1) is 17.3. The number of rotatable bonds is 5. The van der Waals surface area contributed by atoms with Crippen LogP contribution in [-0.4, -0.2) is 27.7 Å². The van der Waals surface area contributed by atoms with Crippen molar-refractivity contribution in [3.05, 3.63) is 46.1 Å². The van der Waals surface area contributed by atoms with Crippen LogP contribution in [0.2, 0.25) is 0 Å². The molecular formula is C19H19N3O2S2. The molecular weight excluding hydrogens is 366 g/mol. The molecule has 2 aromatic heterocycles. The number of hydrogen-bond donors (Lipinski definition) is 2. The topological polar surface area (TPSA) is 74.8 Å². The van der Waals surface area contributed by atoms with Crippen LogP contribution in [0.25, 0.3) is 21.3 Å². The molecule has 4 rings (SSSR count). The number of H-pyrrole nitrogens is 1. The Bertz CT molecular complexity index is 975. The fourth-order valence-electron chi connectivity index (χ4n) is 3.30. The molecule has 134 valence electrons. The lowest BCUT2D eigenvalue weighted by Crippen LogP contribution is -2.33. The summed E-state index contributed by atoms with van der Waals surface area (Å²) in [5, 5.41) is 6.11. The smallest absolute Gasteiger partial charge is 0.260 e. The van der Waals surface area contributed by atoms with Gasteiger partial charge in [-0.05, 0) is 18.4 Å². The Kier molecular flexibility index (Phi) is 5.08. The van der Waals surface area contributed by atoms with E-state index in [9.17, 15) is 9.59 Å². The molecule has 0 atom stereocenters. The van der Waals surface area contributed by atoms with E-state index >= 15 is 0 Å². The van der Waals surface area contributed by atoms with E-state index in [1.54, 1.807) is 0 Å². The van der Waals surface area contributed by atoms with Gasteiger partial charge in [0.15, 0.2) is 5.16 Å². The molecule has 0 bridgehead atoms. The molecule has 1 aliphatic rings. The highest BCUT2D eigenvalue weighted by molar-refractivity contribution is 7.99. The van der Waals surface area contributed by atoms with Crippen molar-refractivity contribution in [3.63, 3.8) is 0 Å². The second-order valence-electron chi connectivity index (χ2n) is 6.40. The first-order chi connectivity index (χ1) is 12.7. The molecule has 1 aliphatic carbocycles. The lowest BCUT2D eigenvalue weighted by atomic mass is 10.1. The number of aromatic nitrogens is 2. The number of thioether (sulfide) groups is 1. The fraction of sp³-hybridized carbons (Fsp3) is 0.316. The molecule has 1 saturated carbocycles. The van der Waals surface area contributed by atoms with Gasteiger partial charge in [-0.3, -0.25) is 9.59 Å². The average molecular weight is 386 g/mol. The van der Waals surface area contributed by atoms with Crippen molar-refractivity contribution < 1.29 is 4.79 Å². The van der Waals surface area contributed by atoms with Gasteiger partial charge in [0.2, 0.25) is 5.91 Å². The highest BCUT2D eigenvalue weighted by atomic mass is 32.2. The summed E-state index contributed by atoms with van der Waals surface area (Å²) in [6, 6.07) is 10.1. The minimum Gasteiger partial charge on any atom is -0.353 e. The van der Waals surface area contributed by atoms with E-state index in [2.05, 4.69) is 15.3 Å². The maximum atomic E-state index is 12.6. The minimum absolute atomic E-state index is 0.000741. The maximum Gasteiger partial charge on any atom is 0.260 e. The average Bonchev–Trinajstić information content (AvgIpc) is 3.30. The molecule has 1 aromatic carbocycles. The Hall–Kier alpha value is -2.12. The van der Waals surface area contributed by atoms with Gasteiger partial charge in [-0.2, -0.15) is 0 Å².